The number of nitrogens with two attached hydrogens (primary N) is 1. The third kappa shape index (κ3) is 3.24. The maximum atomic E-state index is 13.3. The van der Waals surface area contributed by atoms with Crippen LogP contribution in [-0.2, 0) is 13.5 Å². The number of nitrogens with zero attached hydrogens (tertiary/aromatic N) is 2. The summed E-state index contributed by atoms with van der Waals surface area (Å²) in [4.78, 5) is 12.1. The number of hydrogen-bond acceptors (Lipinski definition) is 4. The highest BCUT2D eigenvalue weighted by Gasteiger charge is 2.12. The second-order valence-corrected chi connectivity index (χ2v) is 5.41. The van der Waals surface area contributed by atoms with Gasteiger partial charge in [0.2, 0.25) is 0 Å². The molecule has 0 aliphatic rings. The number of nitrogens with one attached hydrogen (secondary N) is 1. The summed E-state index contributed by atoms with van der Waals surface area (Å²) in [7, 11) is 1.63. The Hall–Kier alpha value is -1.60. The molecule has 0 saturated heterocycles. The van der Waals surface area contributed by atoms with Crippen molar-refractivity contribution in [2.75, 3.05) is 0 Å². The van der Waals surface area contributed by atoms with Crippen LogP contribution in [0.15, 0.2) is 33.0 Å². The molecule has 7 heteroatoms. The molecule has 0 amide bonds. The van der Waals surface area contributed by atoms with Crippen molar-refractivity contribution in [2.45, 2.75) is 29.4 Å². The molecule has 1 unspecified atom stereocenters. The minimum Gasteiger partial charge on any atom is -0.328 e. The van der Waals surface area contributed by atoms with Crippen LogP contribution in [0.1, 0.15) is 12.5 Å². The van der Waals surface area contributed by atoms with Gasteiger partial charge in [-0.15, -0.1) is 5.10 Å². The molecule has 0 saturated carbocycles. The maximum Gasteiger partial charge on any atom is 0.343 e. The lowest BCUT2D eigenvalue weighted by atomic mass is 10.1. The highest BCUT2D eigenvalue weighted by atomic mass is 32.2. The van der Waals surface area contributed by atoms with Gasteiger partial charge < -0.3 is 5.73 Å². The molecule has 0 radical (unpaired) electrons. The van der Waals surface area contributed by atoms with Gasteiger partial charge in [-0.3, -0.25) is 4.57 Å². The van der Waals surface area contributed by atoms with Gasteiger partial charge in [0.25, 0.3) is 0 Å². The van der Waals surface area contributed by atoms with E-state index in [4.69, 9.17) is 5.73 Å². The summed E-state index contributed by atoms with van der Waals surface area (Å²) in [6.07, 6.45) is 0.568. The number of aromatic nitrogens is 3. The van der Waals surface area contributed by atoms with Crippen LogP contribution in [0.3, 0.4) is 0 Å². The molecule has 1 heterocycles. The predicted molar refractivity (Wildman–Crippen MR) is 71.7 cm³/mol. The van der Waals surface area contributed by atoms with Gasteiger partial charge in [-0.25, -0.2) is 14.3 Å². The number of benzene rings is 1. The number of rotatable bonds is 4. The third-order valence-electron chi connectivity index (χ3n) is 2.60. The fraction of sp³-hybridized carbons (Fsp3) is 0.333. The Bertz CT molecular complexity index is 635. The lowest BCUT2D eigenvalue weighted by Crippen LogP contribution is -2.18. The quantitative estimate of drug-likeness (QED) is 0.886. The zero-order valence-corrected chi connectivity index (χ0v) is 11.5. The molecular weight excluding hydrogens is 267 g/mol. The monoisotopic (exact) mass is 282 g/mol. The highest BCUT2D eigenvalue weighted by Crippen LogP contribution is 2.29. The standard InChI is InChI=1S/C12H15FN4OS/c1-7(14)5-8-6-9(13)3-4-10(8)19-12-16-15-11(18)17(12)2/h3-4,6-7H,5,14H2,1-2H3,(H,15,18). The largest absolute Gasteiger partial charge is 0.343 e. The topological polar surface area (TPSA) is 76.7 Å². The van der Waals surface area contributed by atoms with Gasteiger partial charge in [0.05, 0.1) is 0 Å². The van der Waals surface area contributed by atoms with Crippen molar-refractivity contribution in [3.8, 4) is 0 Å². The molecule has 5 nitrogen and oxygen atoms in total. The van der Waals surface area contributed by atoms with E-state index in [2.05, 4.69) is 10.2 Å². The van der Waals surface area contributed by atoms with Crippen LogP contribution in [0, 0.1) is 5.82 Å². The summed E-state index contributed by atoms with van der Waals surface area (Å²) in [5, 5.41) is 6.81. The maximum absolute atomic E-state index is 13.3. The molecule has 19 heavy (non-hydrogen) atoms. The van der Waals surface area contributed by atoms with Gasteiger partial charge in [-0.2, -0.15) is 0 Å². The van der Waals surface area contributed by atoms with E-state index in [0.29, 0.717) is 11.6 Å². The zero-order chi connectivity index (χ0) is 14.0. The van der Waals surface area contributed by atoms with Gasteiger partial charge in [-0.1, -0.05) is 0 Å². The molecule has 0 fully saturated rings. The third-order valence-corrected chi connectivity index (χ3v) is 3.77. The van der Waals surface area contributed by atoms with Gasteiger partial charge in [0.1, 0.15) is 5.82 Å². The fourth-order valence-electron chi connectivity index (χ4n) is 1.68. The lowest BCUT2D eigenvalue weighted by Gasteiger charge is -2.10. The number of H-pyrrole nitrogens is 1. The molecule has 1 aromatic heterocycles. The summed E-state index contributed by atoms with van der Waals surface area (Å²) < 4.78 is 14.7. The number of hydrogen-bond donors (Lipinski definition) is 2. The second-order valence-electron chi connectivity index (χ2n) is 4.41. The summed E-state index contributed by atoms with van der Waals surface area (Å²) in [5.41, 5.74) is 6.30. The molecule has 2 aromatic rings. The zero-order valence-electron chi connectivity index (χ0n) is 10.7. The van der Waals surface area contributed by atoms with Gasteiger partial charge in [0.15, 0.2) is 5.16 Å². The Morgan fingerprint density at radius 2 is 2.32 bits per heavy atom. The smallest absolute Gasteiger partial charge is 0.328 e. The Labute approximate surface area is 114 Å². The average molecular weight is 282 g/mol. The summed E-state index contributed by atoms with van der Waals surface area (Å²) >= 11 is 1.31. The van der Waals surface area contributed by atoms with Crippen LogP contribution in [-0.4, -0.2) is 20.8 Å². The van der Waals surface area contributed by atoms with E-state index in [1.165, 1.54) is 28.5 Å². The minimum absolute atomic E-state index is 0.0656. The molecule has 3 N–H and O–H groups in total. The van der Waals surface area contributed by atoms with Crippen LogP contribution in [0.4, 0.5) is 4.39 Å². The van der Waals surface area contributed by atoms with Gasteiger partial charge >= 0.3 is 5.69 Å². The van der Waals surface area contributed by atoms with E-state index >= 15 is 0 Å². The Morgan fingerprint density at radius 3 is 2.89 bits per heavy atom. The van der Waals surface area contributed by atoms with Crippen LogP contribution in [0.5, 0.6) is 0 Å². The lowest BCUT2D eigenvalue weighted by molar-refractivity contribution is 0.620. The van der Waals surface area contributed by atoms with E-state index in [1.54, 1.807) is 13.1 Å². The number of halogens is 1. The normalized spacial score (nSPS) is 12.6. The minimum atomic E-state index is -0.295. The Morgan fingerprint density at radius 1 is 1.58 bits per heavy atom. The fourth-order valence-corrected chi connectivity index (χ4v) is 2.59. The molecule has 2 rings (SSSR count). The average Bonchev–Trinajstić information content (AvgIpc) is 2.64. The van der Waals surface area contributed by atoms with E-state index in [9.17, 15) is 9.18 Å². The van der Waals surface area contributed by atoms with E-state index in [1.807, 2.05) is 6.92 Å². The van der Waals surface area contributed by atoms with Crippen molar-refractivity contribution in [1.29, 1.82) is 0 Å². The predicted octanol–water partition coefficient (Wildman–Crippen LogP) is 1.29. The van der Waals surface area contributed by atoms with E-state index in [-0.39, 0.29) is 17.5 Å². The Balaban J connectivity index is 2.34. The van der Waals surface area contributed by atoms with Crippen molar-refractivity contribution in [3.05, 3.63) is 40.1 Å². The van der Waals surface area contributed by atoms with Crippen LogP contribution < -0.4 is 11.4 Å². The molecule has 0 bridgehead atoms. The van der Waals surface area contributed by atoms with Crippen molar-refractivity contribution >= 4 is 11.8 Å². The molecule has 1 aromatic carbocycles. The molecule has 0 aliphatic carbocycles. The van der Waals surface area contributed by atoms with E-state index < -0.39 is 0 Å². The molecule has 0 aliphatic heterocycles. The first-order valence-corrected chi connectivity index (χ1v) is 6.62. The van der Waals surface area contributed by atoms with Crippen molar-refractivity contribution < 1.29 is 4.39 Å². The molecule has 102 valence electrons. The Kier molecular flexibility index (Phi) is 4.06. The van der Waals surface area contributed by atoms with Crippen molar-refractivity contribution in [3.63, 3.8) is 0 Å². The van der Waals surface area contributed by atoms with Gasteiger partial charge in [0, 0.05) is 18.0 Å². The van der Waals surface area contributed by atoms with Crippen molar-refractivity contribution in [2.24, 2.45) is 12.8 Å². The first kappa shape index (κ1) is 13.8. The highest BCUT2D eigenvalue weighted by molar-refractivity contribution is 7.99. The summed E-state index contributed by atoms with van der Waals surface area (Å²) in [6, 6.07) is 4.47. The van der Waals surface area contributed by atoms with E-state index in [0.717, 1.165) is 10.5 Å². The summed E-state index contributed by atoms with van der Waals surface area (Å²) in [5.74, 6) is -0.295. The summed E-state index contributed by atoms with van der Waals surface area (Å²) in [6.45, 7) is 1.86. The van der Waals surface area contributed by atoms with Gasteiger partial charge in [-0.05, 0) is 48.9 Å². The molecular formula is C12H15FN4OS. The second kappa shape index (κ2) is 5.58. The van der Waals surface area contributed by atoms with Crippen molar-refractivity contribution in [1.82, 2.24) is 14.8 Å². The molecule has 1 atom stereocenters. The first-order chi connectivity index (χ1) is 8.97. The first-order valence-electron chi connectivity index (χ1n) is 5.80. The van der Waals surface area contributed by atoms with Crippen LogP contribution in [0.25, 0.3) is 0 Å². The molecule has 0 spiro atoms. The van der Waals surface area contributed by atoms with Crippen LogP contribution >= 0.6 is 11.8 Å². The number of aromatic amines is 1. The van der Waals surface area contributed by atoms with Crippen LogP contribution in [0.2, 0.25) is 0 Å². The SMILES string of the molecule is CC(N)Cc1cc(F)ccc1Sc1n[nH]c(=O)n1C.